The smallest absolute Gasteiger partial charge is 0.338 e. The molecule has 0 saturated heterocycles. The van der Waals surface area contributed by atoms with Crippen LogP contribution in [0, 0.1) is 41.4 Å². The summed E-state index contributed by atoms with van der Waals surface area (Å²) < 4.78 is 43.1. The van der Waals surface area contributed by atoms with Gasteiger partial charge in [0.05, 0.1) is 0 Å². The molecule has 7 heteroatoms. The predicted molar refractivity (Wildman–Crippen MR) is 131 cm³/mol. The zero-order chi connectivity index (χ0) is 26.1. The van der Waals surface area contributed by atoms with E-state index in [-0.39, 0.29) is 28.2 Å². The van der Waals surface area contributed by atoms with Crippen LogP contribution in [0.1, 0.15) is 64.0 Å². The van der Waals surface area contributed by atoms with Gasteiger partial charge in [0.25, 0.3) is 0 Å². The summed E-state index contributed by atoms with van der Waals surface area (Å²) in [6.07, 6.45) is 5.04. The first-order valence-corrected chi connectivity index (χ1v) is 13.0. The summed E-state index contributed by atoms with van der Waals surface area (Å²) >= 11 is 0. The summed E-state index contributed by atoms with van der Waals surface area (Å²) in [5.41, 5.74) is -1.19. The Bertz CT molecular complexity index is 1140. The predicted octanol–water partition coefficient (Wildman–Crippen LogP) is 5.93. The third kappa shape index (κ3) is 3.64. The van der Waals surface area contributed by atoms with E-state index in [1.54, 1.807) is 18.2 Å². The minimum absolute atomic E-state index is 0.0429. The molecule has 7 atom stereocenters. The topological polar surface area (TPSA) is 58.2 Å². The molecule has 0 bridgehead atoms. The molecule has 0 spiro atoms. The Kier molecular flexibility index (Phi) is 5.73. The molecule has 2 amide bonds. The third-order valence-electron chi connectivity index (χ3n) is 10.1. The molecule has 1 aliphatic heterocycles. The van der Waals surface area contributed by atoms with Crippen molar-refractivity contribution in [3.05, 3.63) is 59.3 Å². The van der Waals surface area contributed by atoms with Crippen molar-refractivity contribution < 1.29 is 22.8 Å². The molecule has 3 aliphatic carbocycles. The van der Waals surface area contributed by atoms with Crippen LogP contribution in [0.4, 0.5) is 13.2 Å². The second-order valence-corrected chi connectivity index (χ2v) is 12.0. The number of amides is 2. The van der Waals surface area contributed by atoms with Crippen molar-refractivity contribution in [3.63, 3.8) is 0 Å². The van der Waals surface area contributed by atoms with Gasteiger partial charge in [0.1, 0.15) is 0 Å². The first-order valence-electron chi connectivity index (χ1n) is 13.0. The fourth-order valence-electron chi connectivity index (χ4n) is 7.81. The zero-order valence-corrected chi connectivity index (χ0v) is 21.3. The van der Waals surface area contributed by atoms with E-state index in [0.29, 0.717) is 18.3 Å². The van der Waals surface area contributed by atoms with Crippen molar-refractivity contribution in [2.75, 3.05) is 0 Å². The number of fused-ring (bicyclic) bond motifs is 5. The van der Waals surface area contributed by atoms with Gasteiger partial charge in [0.2, 0.25) is 11.8 Å². The Morgan fingerprint density at radius 3 is 2.44 bits per heavy atom. The molecule has 0 aromatic heterocycles. The number of nitrogens with one attached hydrogen (secondary N) is 2. The average Bonchev–Trinajstić information content (AvgIpc) is 3.16. The highest BCUT2D eigenvalue weighted by Crippen LogP contribution is 2.64. The fraction of sp³-hybridized carbons (Fsp3) is 0.586. The number of benzene rings is 1. The van der Waals surface area contributed by atoms with Crippen LogP contribution in [0.2, 0.25) is 0 Å². The zero-order valence-electron chi connectivity index (χ0n) is 21.3. The molecule has 2 saturated carbocycles. The third-order valence-corrected chi connectivity index (χ3v) is 10.1. The first-order chi connectivity index (χ1) is 16.8. The molecule has 4 aliphatic rings. The molecule has 1 aromatic rings. The lowest BCUT2D eigenvalue weighted by Crippen LogP contribution is -2.57. The highest BCUT2D eigenvalue weighted by molar-refractivity contribution is 5.90. The van der Waals surface area contributed by atoms with Crippen LogP contribution in [0.5, 0.6) is 0 Å². The number of allylic oxidation sites excluding steroid dienone is 2. The lowest BCUT2D eigenvalue weighted by atomic mass is 9.50. The minimum Gasteiger partial charge on any atom is -0.338 e. The Morgan fingerprint density at radius 1 is 1.08 bits per heavy atom. The van der Waals surface area contributed by atoms with Gasteiger partial charge in [-0.1, -0.05) is 55.8 Å². The summed E-state index contributed by atoms with van der Waals surface area (Å²) in [4.78, 5) is 25.5. The SMILES string of the molecule is Cc1ccc(C(C)(NC(=O)[C@H]2CC[C@H]3[C@@H]4CC=C5NC(=O)C=C[C@]5(C)[C@H]4CC[C@]23C)C(F)(F)F)cc1. The number of hydrogen-bond donors (Lipinski definition) is 2. The van der Waals surface area contributed by atoms with Crippen molar-refractivity contribution >= 4 is 11.8 Å². The van der Waals surface area contributed by atoms with E-state index >= 15 is 0 Å². The summed E-state index contributed by atoms with van der Waals surface area (Å²) in [6, 6.07) is 6.20. The number of carbonyl (C=O) groups is 2. The monoisotopic (exact) mass is 500 g/mol. The van der Waals surface area contributed by atoms with E-state index in [9.17, 15) is 22.8 Å². The van der Waals surface area contributed by atoms with Gasteiger partial charge in [-0.15, -0.1) is 0 Å². The lowest BCUT2D eigenvalue weighted by molar-refractivity contribution is -0.199. The van der Waals surface area contributed by atoms with Gasteiger partial charge in [0, 0.05) is 23.1 Å². The Labute approximate surface area is 210 Å². The normalized spacial score (nSPS) is 37.1. The standard InChI is InChI=1S/C29H35F3N2O2/c1-17-5-7-18(8-6-17)28(4,29(30,31)32)34-25(36)22-11-10-20-19-9-12-23-27(3,16-14-24(35)33-23)21(19)13-15-26(20,22)2/h5-8,12,14,16,19-22H,9-11,13,15H2,1-4H3,(H,33,35)(H,34,36)/t19-,20-,21-,22+,26-,27+,28?/m0/s1. The van der Waals surface area contributed by atoms with Gasteiger partial charge in [-0.3, -0.25) is 9.59 Å². The molecule has 5 rings (SSSR count). The molecule has 2 N–H and O–H groups in total. The van der Waals surface area contributed by atoms with Gasteiger partial charge in [0.15, 0.2) is 5.54 Å². The molecule has 4 nitrogen and oxygen atoms in total. The van der Waals surface area contributed by atoms with Gasteiger partial charge >= 0.3 is 6.18 Å². The van der Waals surface area contributed by atoms with E-state index < -0.39 is 23.5 Å². The van der Waals surface area contributed by atoms with Crippen LogP contribution >= 0.6 is 0 Å². The van der Waals surface area contributed by atoms with Crippen LogP contribution < -0.4 is 10.6 Å². The van der Waals surface area contributed by atoms with E-state index in [1.807, 2.05) is 13.0 Å². The molecular weight excluding hydrogens is 465 g/mol. The van der Waals surface area contributed by atoms with Crippen LogP contribution in [-0.4, -0.2) is 18.0 Å². The van der Waals surface area contributed by atoms with Crippen LogP contribution in [-0.2, 0) is 15.1 Å². The number of alkyl halides is 3. The van der Waals surface area contributed by atoms with Crippen molar-refractivity contribution in [2.24, 2.45) is 34.5 Å². The first kappa shape index (κ1) is 25.1. The van der Waals surface area contributed by atoms with E-state index in [0.717, 1.165) is 43.9 Å². The number of rotatable bonds is 3. The second kappa shape index (κ2) is 8.22. The van der Waals surface area contributed by atoms with Crippen LogP contribution in [0.15, 0.2) is 48.2 Å². The largest absolute Gasteiger partial charge is 0.415 e. The highest BCUT2D eigenvalue weighted by atomic mass is 19.4. The number of halogens is 3. The fourth-order valence-corrected chi connectivity index (χ4v) is 7.81. The maximum Gasteiger partial charge on any atom is 0.415 e. The summed E-state index contributed by atoms with van der Waals surface area (Å²) in [7, 11) is 0. The molecule has 1 aromatic carbocycles. The number of aryl methyl sites for hydroxylation is 1. The maximum absolute atomic E-state index is 14.4. The second-order valence-electron chi connectivity index (χ2n) is 12.0. The number of hydrogen-bond acceptors (Lipinski definition) is 2. The Hall–Kier alpha value is -2.57. The molecule has 1 unspecified atom stereocenters. The van der Waals surface area contributed by atoms with Gasteiger partial charge in [-0.25, -0.2) is 0 Å². The van der Waals surface area contributed by atoms with Crippen molar-refractivity contribution in [3.8, 4) is 0 Å². The summed E-state index contributed by atoms with van der Waals surface area (Å²) in [5, 5.41) is 5.48. The summed E-state index contributed by atoms with van der Waals surface area (Å²) in [6.45, 7) is 7.18. The molecule has 36 heavy (non-hydrogen) atoms. The molecular formula is C29H35F3N2O2. The minimum atomic E-state index is -4.63. The van der Waals surface area contributed by atoms with Crippen molar-refractivity contribution in [2.45, 2.75) is 71.5 Å². The Balaban J connectivity index is 1.40. The van der Waals surface area contributed by atoms with Gasteiger partial charge in [-0.2, -0.15) is 13.2 Å². The lowest BCUT2D eigenvalue weighted by Gasteiger charge is -2.56. The molecule has 2 fully saturated rings. The van der Waals surface area contributed by atoms with E-state index in [1.165, 1.54) is 12.1 Å². The van der Waals surface area contributed by atoms with Crippen molar-refractivity contribution in [1.29, 1.82) is 0 Å². The van der Waals surface area contributed by atoms with Crippen LogP contribution in [0.25, 0.3) is 0 Å². The van der Waals surface area contributed by atoms with Crippen LogP contribution in [0.3, 0.4) is 0 Å². The average molecular weight is 501 g/mol. The summed E-state index contributed by atoms with van der Waals surface area (Å²) in [5.74, 6) is -0.138. The van der Waals surface area contributed by atoms with Crippen molar-refractivity contribution in [1.82, 2.24) is 10.6 Å². The maximum atomic E-state index is 14.4. The number of carbonyl (C=O) groups excluding carboxylic acids is 2. The van der Waals surface area contributed by atoms with Gasteiger partial charge < -0.3 is 10.6 Å². The Morgan fingerprint density at radius 2 is 1.78 bits per heavy atom. The molecule has 1 heterocycles. The highest BCUT2D eigenvalue weighted by Gasteiger charge is 2.61. The van der Waals surface area contributed by atoms with E-state index in [4.69, 9.17) is 0 Å². The quantitative estimate of drug-likeness (QED) is 0.541. The molecule has 0 radical (unpaired) electrons. The molecule has 194 valence electrons. The van der Waals surface area contributed by atoms with Gasteiger partial charge in [-0.05, 0) is 74.7 Å². The van der Waals surface area contributed by atoms with E-state index in [2.05, 4.69) is 30.6 Å².